The zero-order valence-electron chi connectivity index (χ0n) is 9.01. The van der Waals surface area contributed by atoms with Crippen LogP contribution in [0.25, 0.3) is 0 Å². The van der Waals surface area contributed by atoms with E-state index < -0.39 is 0 Å². The van der Waals surface area contributed by atoms with E-state index in [0.717, 1.165) is 11.1 Å². The summed E-state index contributed by atoms with van der Waals surface area (Å²) < 4.78 is 5.05. The molecule has 2 atom stereocenters. The fourth-order valence-electron chi connectivity index (χ4n) is 2.69. The van der Waals surface area contributed by atoms with Gasteiger partial charge in [0, 0.05) is 12.0 Å². The van der Waals surface area contributed by atoms with Gasteiger partial charge >= 0.3 is 6.09 Å². The molecule has 16 heavy (non-hydrogen) atoms. The van der Waals surface area contributed by atoms with Gasteiger partial charge in [0.15, 0.2) is 0 Å². The maximum Gasteiger partial charge on any atom is 0.410 e. The van der Waals surface area contributed by atoms with E-state index in [-0.39, 0.29) is 18.2 Å². The molecule has 2 heterocycles. The van der Waals surface area contributed by atoms with Gasteiger partial charge in [-0.15, -0.1) is 0 Å². The highest BCUT2D eigenvalue weighted by Crippen LogP contribution is 2.39. The van der Waals surface area contributed by atoms with Gasteiger partial charge in [0.2, 0.25) is 0 Å². The van der Waals surface area contributed by atoms with Crippen LogP contribution < -0.4 is 0 Å². The molecule has 2 unspecified atom stereocenters. The minimum atomic E-state index is -0.244. The predicted molar refractivity (Wildman–Crippen MR) is 57.2 cm³/mol. The predicted octanol–water partition coefficient (Wildman–Crippen LogP) is 1.83. The third kappa shape index (κ3) is 1.13. The molecule has 2 aliphatic rings. The highest BCUT2D eigenvalue weighted by Gasteiger charge is 2.41. The van der Waals surface area contributed by atoms with Crippen molar-refractivity contribution in [1.82, 2.24) is 4.90 Å². The van der Waals surface area contributed by atoms with E-state index >= 15 is 0 Å². The first-order chi connectivity index (χ1) is 7.68. The summed E-state index contributed by atoms with van der Waals surface area (Å²) in [4.78, 5) is 13.3. The SMILES string of the molecule is CC1c2cccc(O)c2CC2COC(=O)N21. The molecule has 0 bridgehead atoms. The first-order valence-corrected chi connectivity index (χ1v) is 5.44. The lowest BCUT2D eigenvalue weighted by molar-refractivity contribution is 0.144. The normalized spacial score (nSPS) is 27.3. The third-order valence-corrected chi connectivity index (χ3v) is 3.50. The molecule has 0 aliphatic carbocycles. The summed E-state index contributed by atoms with van der Waals surface area (Å²) in [6, 6.07) is 5.52. The monoisotopic (exact) mass is 219 g/mol. The molecule has 4 heteroatoms. The molecule has 0 radical (unpaired) electrons. The van der Waals surface area contributed by atoms with Crippen LogP contribution >= 0.6 is 0 Å². The average Bonchev–Trinajstić information content (AvgIpc) is 2.63. The number of hydrogen-bond donors (Lipinski definition) is 1. The van der Waals surface area contributed by atoms with Crippen LogP contribution in [0.3, 0.4) is 0 Å². The van der Waals surface area contributed by atoms with Gasteiger partial charge in [-0.1, -0.05) is 12.1 Å². The highest BCUT2D eigenvalue weighted by atomic mass is 16.6. The second kappa shape index (κ2) is 3.14. The van der Waals surface area contributed by atoms with Gasteiger partial charge in [-0.05, 0) is 18.6 Å². The Labute approximate surface area is 93.4 Å². The van der Waals surface area contributed by atoms with Crippen molar-refractivity contribution >= 4 is 6.09 Å². The number of carbonyl (C=O) groups is 1. The Kier molecular flexibility index (Phi) is 1.87. The largest absolute Gasteiger partial charge is 0.508 e. The Bertz CT molecular complexity index is 458. The van der Waals surface area contributed by atoms with Gasteiger partial charge in [-0.3, -0.25) is 4.90 Å². The van der Waals surface area contributed by atoms with Crippen molar-refractivity contribution in [3.63, 3.8) is 0 Å². The van der Waals surface area contributed by atoms with Gasteiger partial charge in [0.1, 0.15) is 12.4 Å². The lowest BCUT2D eigenvalue weighted by Gasteiger charge is -2.35. The maximum absolute atomic E-state index is 11.6. The molecular formula is C12H13NO3. The van der Waals surface area contributed by atoms with Gasteiger partial charge in [-0.25, -0.2) is 4.79 Å². The van der Waals surface area contributed by atoms with Crippen molar-refractivity contribution in [3.05, 3.63) is 29.3 Å². The number of amides is 1. The Hall–Kier alpha value is -1.71. The number of cyclic esters (lactones) is 1. The number of nitrogens with zero attached hydrogens (tertiary/aromatic N) is 1. The number of phenolic OH excluding ortho intramolecular Hbond substituents is 1. The summed E-state index contributed by atoms with van der Waals surface area (Å²) in [6.45, 7) is 2.40. The fourth-order valence-corrected chi connectivity index (χ4v) is 2.69. The number of benzene rings is 1. The van der Waals surface area contributed by atoms with Crippen molar-refractivity contribution in [2.24, 2.45) is 0 Å². The first-order valence-electron chi connectivity index (χ1n) is 5.44. The van der Waals surface area contributed by atoms with Crippen LogP contribution in [0.2, 0.25) is 0 Å². The van der Waals surface area contributed by atoms with Crippen LogP contribution in [0.4, 0.5) is 4.79 Å². The van der Waals surface area contributed by atoms with Crippen LogP contribution in [0, 0.1) is 0 Å². The summed E-state index contributed by atoms with van der Waals surface area (Å²) in [6.07, 6.45) is 0.435. The number of hydrogen-bond acceptors (Lipinski definition) is 3. The Morgan fingerprint density at radius 2 is 2.31 bits per heavy atom. The van der Waals surface area contributed by atoms with Gasteiger partial charge in [-0.2, -0.15) is 0 Å². The van der Waals surface area contributed by atoms with Crippen molar-refractivity contribution in [3.8, 4) is 5.75 Å². The maximum atomic E-state index is 11.6. The van der Waals surface area contributed by atoms with Crippen LogP contribution in [0.15, 0.2) is 18.2 Å². The fraction of sp³-hybridized carbons (Fsp3) is 0.417. The van der Waals surface area contributed by atoms with Gasteiger partial charge in [0.05, 0.1) is 12.1 Å². The summed E-state index contributed by atoms with van der Waals surface area (Å²) in [5.41, 5.74) is 1.98. The molecule has 0 aromatic heterocycles. The summed E-state index contributed by atoms with van der Waals surface area (Å²) in [5.74, 6) is 0.323. The zero-order valence-corrected chi connectivity index (χ0v) is 9.01. The average molecular weight is 219 g/mol. The molecule has 0 saturated carbocycles. The molecule has 1 aromatic rings. The van der Waals surface area contributed by atoms with E-state index in [1.165, 1.54) is 0 Å². The number of aromatic hydroxyl groups is 1. The van der Waals surface area contributed by atoms with E-state index in [4.69, 9.17) is 4.74 Å². The topological polar surface area (TPSA) is 49.8 Å². The second-order valence-electron chi connectivity index (χ2n) is 4.36. The molecule has 1 aromatic carbocycles. The van der Waals surface area contributed by atoms with Crippen molar-refractivity contribution in [2.45, 2.75) is 25.4 Å². The molecule has 3 rings (SSSR count). The van der Waals surface area contributed by atoms with Crippen molar-refractivity contribution in [2.75, 3.05) is 6.61 Å². The molecule has 2 aliphatic heterocycles. The number of carbonyl (C=O) groups excluding carboxylic acids is 1. The smallest absolute Gasteiger partial charge is 0.410 e. The van der Waals surface area contributed by atoms with Crippen LogP contribution in [0.1, 0.15) is 24.1 Å². The molecule has 0 spiro atoms. The van der Waals surface area contributed by atoms with E-state index in [1.807, 2.05) is 19.1 Å². The van der Waals surface area contributed by atoms with E-state index in [2.05, 4.69) is 0 Å². The minimum absolute atomic E-state index is 0.0177. The highest BCUT2D eigenvalue weighted by molar-refractivity contribution is 5.72. The minimum Gasteiger partial charge on any atom is -0.508 e. The molecule has 1 N–H and O–H groups in total. The molecule has 1 amide bonds. The van der Waals surface area contributed by atoms with E-state index in [0.29, 0.717) is 18.8 Å². The molecule has 4 nitrogen and oxygen atoms in total. The summed E-state index contributed by atoms with van der Waals surface area (Å²) in [7, 11) is 0. The van der Waals surface area contributed by atoms with Crippen molar-refractivity contribution < 1.29 is 14.6 Å². The van der Waals surface area contributed by atoms with Crippen LogP contribution in [0.5, 0.6) is 5.75 Å². The lowest BCUT2D eigenvalue weighted by Crippen LogP contribution is -2.41. The standard InChI is InChI=1S/C12H13NO3/c1-7-9-3-2-4-11(14)10(9)5-8-6-16-12(15)13(7)8/h2-4,7-8,14H,5-6H2,1H3. The molecule has 1 saturated heterocycles. The van der Waals surface area contributed by atoms with Gasteiger partial charge < -0.3 is 9.84 Å². The van der Waals surface area contributed by atoms with Crippen LogP contribution in [-0.2, 0) is 11.2 Å². The summed E-state index contributed by atoms with van der Waals surface area (Å²) >= 11 is 0. The second-order valence-corrected chi connectivity index (χ2v) is 4.36. The number of fused-ring (bicyclic) bond motifs is 2. The van der Waals surface area contributed by atoms with E-state index in [9.17, 15) is 9.90 Å². The van der Waals surface area contributed by atoms with E-state index in [1.54, 1.807) is 11.0 Å². The molecule has 1 fully saturated rings. The van der Waals surface area contributed by atoms with Gasteiger partial charge in [0.25, 0.3) is 0 Å². The van der Waals surface area contributed by atoms with Crippen molar-refractivity contribution in [1.29, 1.82) is 0 Å². The third-order valence-electron chi connectivity index (χ3n) is 3.50. The Morgan fingerprint density at radius 1 is 1.50 bits per heavy atom. The zero-order chi connectivity index (χ0) is 11.3. The Morgan fingerprint density at radius 3 is 3.12 bits per heavy atom. The first kappa shape index (κ1) is 9.51. The number of phenols is 1. The summed E-state index contributed by atoms with van der Waals surface area (Å²) in [5, 5.41) is 9.82. The number of ether oxygens (including phenoxy) is 1. The quantitative estimate of drug-likeness (QED) is 0.724. The molecule has 84 valence electrons. The van der Waals surface area contributed by atoms with Crippen LogP contribution in [-0.4, -0.2) is 28.7 Å². The molecular weight excluding hydrogens is 206 g/mol. The number of rotatable bonds is 0. The lowest BCUT2D eigenvalue weighted by atomic mass is 9.89. The Balaban J connectivity index is 2.10.